The van der Waals surface area contributed by atoms with Crippen LogP contribution in [-0.4, -0.2) is 23.4 Å². The third kappa shape index (κ3) is 3.14. The molecule has 1 aliphatic rings. The van der Waals surface area contributed by atoms with Gasteiger partial charge >= 0.3 is 0 Å². The molecule has 0 aromatic heterocycles. The van der Waals surface area contributed by atoms with Gasteiger partial charge in [-0.1, -0.05) is 29.3 Å². The van der Waals surface area contributed by atoms with Crippen LogP contribution in [0.5, 0.6) is 0 Å². The minimum atomic E-state index is -0.669. The van der Waals surface area contributed by atoms with E-state index in [4.69, 9.17) is 27.9 Å². The zero-order valence-electron chi connectivity index (χ0n) is 9.75. The quantitative estimate of drug-likeness (QED) is 0.911. The fourth-order valence-corrected chi connectivity index (χ4v) is 2.78. The van der Waals surface area contributed by atoms with Crippen molar-refractivity contribution in [3.05, 3.63) is 33.8 Å². The molecule has 0 heterocycles. The van der Waals surface area contributed by atoms with Crippen molar-refractivity contribution in [2.24, 2.45) is 0 Å². The zero-order valence-corrected chi connectivity index (χ0v) is 11.3. The van der Waals surface area contributed by atoms with Gasteiger partial charge in [-0.2, -0.15) is 0 Å². The van der Waals surface area contributed by atoms with Crippen LogP contribution in [0.3, 0.4) is 0 Å². The van der Waals surface area contributed by atoms with Gasteiger partial charge in [0.25, 0.3) is 0 Å². The van der Waals surface area contributed by atoms with Crippen molar-refractivity contribution in [3.8, 4) is 0 Å². The smallest absolute Gasteiger partial charge is 0.0737 e. The first-order chi connectivity index (χ1) is 8.02. The van der Waals surface area contributed by atoms with E-state index in [2.05, 4.69) is 0 Å². The van der Waals surface area contributed by atoms with Crippen LogP contribution >= 0.6 is 23.2 Å². The average molecular weight is 275 g/mol. The zero-order chi connectivity index (χ0) is 12.5. The fourth-order valence-electron chi connectivity index (χ4n) is 2.31. The van der Waals surface area contributed by atoms with Gasteiger partial charge < -0.3 is 9.84 Å². The Morgan fingerprint density at radius 1 is 1.41 bits per heavy atom. The molecule has 1 N–H and O–H groups in total. The van der Waals surface area contributed by atoms with E-state index in [9.17, 15) is 5.11 Å². The van der Waals surface area contributed by atoms with Crippen molar-refractivity contribution in [2.45, 2.75) is 37.9 Å². The lowest BCUT2D eigenvalue weighted by Crippen LogP contribution is -2.49. The van der Waals surface area contributed by atoms with Crippen LogP contribution in [0.4, 0.5) is 0 Å². The second-order valence-corrected chi connectivity index (χ2v) is 5.47. The van der Waals surface area contributed by atoms with Gasteiger partial charge in [0.1, 0.15) is 0 Å². The molecule has 17 heavy (non-hydrogen) atoms. The lowest BCUT2D eigenvalue weighted by Gasteiger charge is -2.43. The van der Waals surface area contributed by atoms with Gasteiger partial charge in [-0.05, 0) is 24.6 Å². The molecule has 1 fully saturated rings. The molecule has 2 rings (SSSR count). The minimum absolute atomic E-state index is 0.191. The topological polar surface area (TPSA) is 29.5 Å². The molecule has 0 bridgehead atoms. The molecular weight excluding hydrogens is 259 g/mol. The third-order valence-corrected chi connectivity index (χ3v) is 3.74. The van der Waals surface area contributed by atoms with E-state index in [-0.39, 0.29) is 6.10 Å². The maximum Gasteiger partial charge on any atom is 0.0737 e. The first kappa shape index (κ1) is 13.2. The minimum Gasteiger partial charge on any atom is -0.389 e. The Kier molecular flexibility index (Phi) is 3.99. The molecular formula is C13H16Cl2O2. The molecule has 2 nitrogen and oxygen atoms in total. The maximum atomic E-state index is 10.3. The predicted octanol–water partition coefficient (Wildman–Crippen LogP) is 3.47. The summed E-state index contributed by atoms with van der Waals surface area (Å²) in [5, 5.41) is 11.5. The van der Waals surface area contributed by atoms with Crippen LogP contribution in [0.2, 0.25) is 10.0 Å². The highest BCUT2D eigenvalue weighted by atomic mass is 35.5. The van der Waals surface area contributed by atoms with Gasteiger partial charge in [-0.15, -0.1) is 0 Å². The number of ether oxygens (including phenoxy) is 1. The molecule has 0 radical (unpaired) electrons. The Morgan fingerprint density at radius 2 is 2.12 bits per heavy atom. The van der Waals surface area contributed by atoms with Gasteiger partial charge in [0.05, 0.1) is 11.7 Å². The summed E-state index contributed by atoms with van der Waals surface area (Å²) in [5.41, 5.74) is 0.269. The van der Waals surface area contributed by atoms with Crippen LogP contribution in [0.15, 0.2) is 18.2 Å². The highest BCUT2D eigenvalue weighted by Gasteiger charge is 2.43. The summed E-state index contributed by atoms with van der Waals surface area (Å²) >= 11 is 11.9. The Labute approximate surface area is 111 Å². The van der Waals surface area contributed by atoms with Crippen LogP contribution in [0, 0.1) is 0 Å². The van der Waals surface area contributed by atoms with E-state index in [1.54, 1.807) is 12.1 Å². The van der Waals surface area contributed by atoms with Crippen molar-refractivity contribution in [1.29, 1.82) is 0 Å². The SMILES string of the molecule is CCOC1CC(O)(Cc2ccc(Cl)cc2Cl)C1. The molecule has 0 spiro atoms. The summed E-state index contributed by atoms with van der Waals surface area (Å²) in [6, 6.07) is 5.38. The molecule has 0 amide bonds. The van der Waals surface area contributed by atoms with Crippen molar-refractivity contribution in [1.82, 2.24) is 0 Å². The molecule has 0 saturated heterocycles. The number of halogens is 2. The molecule has 4 heteroatoms. The summed E-state index contributed by atoms with van der Waals surface area (Å²) in [5.74, 6) is 0. The fraction of sp³-hybridized carbons (Fsp3) is 0.538. The molecule has 1 aliphatic carbocycles. The highest BCUT2D eigenvalue weighted by molar-refractivity contribution is 6.35. The second kappa shape index (κ2) is 5.15. The summed E-state index contributed by atoms with van der Waals surface area (Å²) in [6.45, 7) is 2.66. The number of benzene rings is 1. The normalized spacial score (nSPS) is 27.9. The van der Waals surface area contributed by atoms with Crippen molar-refractivity contribution < 1.29 is 9.84 Å². The lowest BCUT2D eigenvalue weighted by molar-refractivity contribution is -0.136. The Bertz CT molecular complexity index is 400. The molecule has 1 aromatic carbocycles. The van der Waals surface area contributed by atoms with Crippen molar-refractivity contribution in [2.75, 3.05) is 6.61 Å². The second-order valence-electron chi connectivity index (χ2n) is 4.62. The summed E-state index contributed by atoms with van der Waals surface area (Å²) < 4.78 is 5.45. The van der Waals surface area contributed by atoms with E-state index in [0.717, 1.165) is 5.56 Å². The Hall–Kier alpha value is -0.280. The van der Waals surface area contributed by atoms with E-state index in [1.165, 1.54) is 0 Å². The molecule has 1 aromatic rings. The van der Waals surface area contributed by atoms with Gasteiger partial charge in [0.2, 0.25) is 0 Å². The molecule has 0 atom stereocenters. The van der Waals surface area contributed by atoms with Gasteiger partial charge in [0.15, 0.2) is 0 Å². The van der Waals surface area contributed by atoms with E-state index in [0.29, 0.717) is 35.9 Å². The van der Waals surface area contributed by atoms with Crippen LogP contribution in [-0.2, 0) is 11.2 Å². The van der Waals surface area contributed by atoms with Crippen molar-refractivity contribution >= 4 is 23.2 Å². The van der Waals surface area contributed by atoms with E-state index >= 15 is 0 Å². The molecule has 1 saturated carbocycles. The molecule has 94 valence electrons. The first-order valence-electron chi connectivity index (χ1n) is 5.80. The standard InChI is InChI=1S/C13H16Cl2O2/c1-2-17-11-7-13(16,8-11)6-9-3-4-10(14)5-12(9)15/h3-5,11,16H,2,6-8H2,1H3. The Morgan fingerprint density at radius 3 is 2.71 bits per heavy atom. The van der Waals surface area contributed by atoms with Crippen LogP contribution in [0.1, 0.15) is 25.3 Å². The number of hydrogen-bond donors (Lipinski definition) is 1. The Balaban J connectivity index is 1.98. The third-order valence-electron chi connectivity index (χ3n) is 3.15. The molecule has 0 unspecified atom stereocenters. The van der Waals surface area contributed by atoms with Gasteiger partial charge in [-0.3, -0.25) is 0 Å². The monoisotopic (exact) mass is 274 g/mol. The lowest BCUT2D eigenvalue weighted by atomic mass is 9.73. The number of aliphatic hydroxyl groups is 1. The van der Waals surface area contributed by atoms with Gasteiger partial charge in [-0.25, -0.2) is 0 Å². The summed E-state index contributed by atoms with van der Waals surface area (Å²) in [6.07, 6.45) is 2.11. The number of hydrogen-bond acceptors (Lipinski definition) is 2. The largest absolute Gasteiger partial charge is 0.389 e. The van der Waals surface area contributed by atoms with E-state index in [1.807, 2.05) is 13.0 Å². The first-order valence-corrected chi connectivity index (χ1v) is 6.56. The van der Waals surface area contributed by atoms with Crippen LogP contribution < -0.4 is 0 Å². The van der Waals surface area contributed by atoms with Crippen molar-refractivity contribution in [3.63, 3.8) is 0 Å². The predicted molar refractivity (Wildman–Crippen MR) is 69.8 cm³/mol. The highest BCUT2D eigenvalue weighted by Crippen LogP contribution is 2.38. The summed E-state index contributed by atoms with van der Waals surface area (Å²) in [7, 11) is 0. The van der Waals surface area contributed by atoms with E-state index < -0.39 is 5.60 Å². The average Bonchev–Trinajstić information content (AvgIpc) is 2.21. The molecule has 0 aliphatic heterocycles. The summed E-state index contributed by atoms with van der Waals surface area (Å²) in [4.78, 5) is 0. The van der Waals surface area contributed by atoms with Gasteiger partial charge in [0, 0.05) is 35.9 Å². The maximum absolute atomic E-state index is 10.3. The number of rotatable bonds is 4. The van der Waals surface area contributed by atoms with Crippen LogP contribution in [0.25, 0.3) is 0 Å².